The molecule has 1 N–H and O–H groups in total. The number of carbonyl (C=O) groups excluding carboxylic acids is 1. The van der Waals surface area contributed by atoms with Crippen molar-refractivity contribution in [3.8, 4) is 0 Å². The Morgan fingerprint density at radius 2 is 2.50 bits per heavy atom. The first-order valence-corrected chi connectivity index (χ1v) is 5.22. The summed E-state index contributed by atoms with van der Waals surface area (Å²) in [6, 6.07) is 0. The summed E-state index contributed by atoms with van der Waals surface area (Å²) in [4.78, 5) is 17.4. The summed E-state index contributed by atoms with van der Waals surface area (Å²) >= 11 is 1.11. The van der Waals surface area contributed by atoms with Gasteiger partial charge in [-0.3, -0.25) is 4.79 Å². The average Bonchev–Trinajstić information content (AvgIpc) is 2.73. The maximum absolute atomic E-state index is 11.7. The quantitative estimate of drug-likeness (QED) is 0.716. The zero-order chi connectivity index (χ0) is 10.1. The van der Waals surface area contributed by atoms with E-state index in [0.717, 1.165) is 11.5 Å². The fourth-order valence-electron chi connectivity index (χ4n) is 1.45. The number of likely N-dealkylation sites (tertiary alicyclic amines) is 1. The maximum atomic E-state index is 11.7. The molecule has 1 amide bonds. The molecular formula is C8H11N3O2S. The van der Waals surface area contributed by atoms with Gasteiger partial charge in [-0.15, -0.1) is 0 Å². The van der Waals surface area contributed by atoms with Crippen LogP contribution in [0.15, 0.2) is 0 Å². The first kappa shape index (κ1) is 9.54. The molecule has 0 aliphatic carbocycles. The fraction of sp³-hybridized carbons (Fsp3) is 0.625. The molecule has 2 heterocycles. The van der Waals surface area contributed by atoms with Gasteiger partial charge in [-0.1, -0.05) is 0 Å². The molecule has 0 spiro atoms. The lowest BCUT2D eigenvalue weighted by Crippen LogP contribution is -2.29. The van der Waals surface area contributed by atoms with E-state index in [1.165, 1.54) is 0 Å². The predicted octanol–water partition coefficient (Wildman–Crippen LogP) is 0.0533. The molecule has 1 aliphatic heterocycles. The summed E-state index contributed by atoms with van der Waals surface area (Å²) in [6.07, 6.45) is 0.275. The van der Waals surface area contributed by atoms with Crippen molar-refractivity contribution in [3.05, 3.63) is 10.8 Å². The van der Waals surface area contributed by atoms with E-state index in [1.807, 2.05) is 0 Å². The third kappa shape index (κ3) is 1.76. The van der Waals surface area contributed by atoms with Gasteiger partial charge in [0.25, 0.3) is 5.91 Å². The molecule has 1 fully saturated rings. The highest BCUT2D eigenvalue weighted by atomic mass is 32.1. The molecule has 1 aromatic heterocycles. The van der Waals surface area contributed by atoms with Gasteiger partial charge in [0.05, 0.1) is 6.10 Å². The highest BCUT2D eigenvalue weighted by Gasteiger charge is 2.27. The van der Waals surface area contributed by atoms with Gasteiger partial charge < -0.3 is 10.0 Å². The first-order chi connectivity index (χ1) is 6.66. The molecule has 14 heavy (non-hydrogen) atoms. The van der Waals surface area contributed by atoms with Crippen LogP contribution in [-0.2, 0) is 0 Å². The monoisotopic (exact) mass is 213 g/mol. The van der Waals surface area contributed by atoms with Crippen molar-refractivity contribution in [2.24, 2.45) is 0 Å². The highest BCUT2D eigenvalue weighted by Crippen LogP contribution is 2.14. The Kier molecular flexibility index (Phi) is 2.47. The number of hydrogen-bond acceptors (Lipinski definition) is 5. The van der Waals surface area contributed by atoms with Crippen LogP contribution in [0.3, 0.4) is 0 Å². The van der Waals surface area contributed by atoms with Crippen molar-refractivity contribution in [1.29, 1.82) is 0 Å². The number of amides is 1. The van der Waals surface area contributed by atoms with Crippen LogP contribution < -0.4 is 0 Å². The minimum atomic E-state index is -0.382. The Labute approximate surface area is 85.6 Å². The summed E-state index contributed by atoms with van der Waals surface area (Å²) in [5, 5.41) is 9.69. The Morgan fingerprint density at radius 3 is 3.00 bits per heavy atom. The largest absolute Gasteiger partial charge is 0.391 e. The third-order valence-electron chi connectivity index (χ3n) is 2.16. The molecule has 5 nitrogen and oxygen atoms in total. The van der Waals surface area contributed by atoms with Crippen molar-refractivity contribution in [3.63, 3.8) is 0 Å². The van der Waals surface area contributed by atoms with Crippen LogP contribution in [0.4, 0.5) is 0 Å². The van der Waals surface area contributed by atoms with Gasteiger partial charge in [-0.05, 0) is 24.9 Å². The second kappa shape index (κ2) is 3.62. The fourth-order valence-corrected chi connectivity index (χ4v) is 2.09. The molecule has 2 rings (SSSR count). The van der Waals surface area contributed by atoms with E-state index in [2.05, 4.69) is 9.36 Å². The average molecular weight is 213 g/mol. The van der Waals surface area contributed by atoms with Crippen LogP contribution >= 0.6 is 11.5 Å². The van der Waals surface area contributed by atoms with E-state index >= 15 is 0 Å². The van der Waals surface area contributed by atoms with Gasteiger partial charge >= 0.3 is 0 Å². The number of aryl methyl sites for hydroxylation is 1. The van der Waals surface area contributed by atoms with E-state index < -0.39 is 0 Å². The van der Waals surface area contributed by atoms with Gasteiger partial charge in [0.15, 0.2) is 0 Å². The Bertz CT molecular complexity index is 352. The van der Waals surface area contributed by atoms with Gasteiger partial charge in [0.1, 0.15) is 5.82 Å². The second-order valence-electron chi connectivity index (χ2n) is 3.34. The van der Waals surface area contributed by atoms with Crippen LogP contribution in [0.1, 0.15) is 22.0 Å². The Morgan fingerprint density at radius 1 is 1.71 bits per heavy atom. The zero-order valence-electron chi connectivity index (χ0n) is 7.80. The predicted molar refractivity (Wildman–Crippen MR) is 51.2 cm³/mol. The molecule has 0 saturated carbocycles. The summed E-state index contributed by atoms with van der Waals surface area (Å²) in [5.74, 6) is 0.505. The minimum absolute atomic E-state index is 0.118. The molecule has 0 unspecified atom stereocenters. The van der Waals surface area contributed by atoms with E-state index in [-0.39, 0.29) is 12.0 Å². The van der Waals surface area contributed by atoms with Crippen molar-refractivity contribution in [2.75, 3.05) is 13.1 Å². The molecule has 1 aliphatic rings. The Hall–Kier alpha value is -1.01. The number of aromatic nitrogens is 2. The molecule has 1 aromatic rings. The number of nitrogens with zero attached hydrogens (tertiary/aromatic N) is 3. The molecule has 1 atom stereocenters. The second-order valence-corrected chi connectivity index (χ2v) is 4.09. The van der Waals surface area contributed by atoms with E-state index in [4.69, 9.17) is 0 Å². The zero-order valence-corrected chi connectivity index (χ0v) is 8.62. The first-order valence-electron chi connectivity index (χ1n) is 4.44. The lowest BCUT2D eigenvalue weighted by molar-refractivity contribution is 0.0764. The number of carbonyl (C=O) groups is 1. The molecule has 0 aromatic carbocycles. The number of rotatable bonds is 1. The maximum Gasteiger partial charge on any atom is 0.284 e. The van der Waals surface area contributed by atoms with Crippen LogP contribution in [0.25, 0.3) is 0 Å². The van der Waals surface area contributed by atoms with Gasteiger partial charge in [-0.25, -0.2) is 4.98 Å². The molecule has 1 saturated heterocycles. The van der Waals surface area contributed by atoms with Crippen molar-refractivity contribution in [2.45, 2.75) is 19.4 Å². The normalized spacial score (nSPS) is 21.6. The summed E-state index contributed by atoms with van der Waals surface area (Å²) in [7, 11) is 0. The van der Waals surface area contributed by atoms with Crippen LogP contribution in [0.5, 0.6) is 0 Å². The number of aliphatic hydroxyl groups excluding tert-OH is 1. The third-order valence-corrected chi connectivity index (χ3v) is 2.96. The molecule has 0 radical (unpaired) electrons. The topological polar surface area (TPSA) is 66.3 Å². The van der Waals surface area contributed by atoms with Crippen LogP contribution in [0, 0.1) is 6.92 Å². The van der Waals surface area contributed by atoms with Crippen LogP contribution in [0.2, 0.25) is 0 Å². The van der Waals surface area contributed by atoms with Crippen molar-refractivity contribution >= 4 is 17.4 Å². The smallest absolute Gasteiger partial charge is 0.284 e. The van der Waals surface area contributed by atoms with Gasteiger partial charge in [-0.2, -0.15) is 4.37 Å². The van der Waals surface area contributed by atoms with E-state index in [1.54, 1.807) is 11.8 Å². The molecule has 6 heteroatoms. The molecule has 76 valence electrons. The van der Waals surface area contributed by atoms with E-state index in [9.17, 15) is 9.90 Å². The molecular weight excluding hydrogens is 202 g/mol. The SMILES string of the molecule is Cc1nsc(C(=O)N2CC[C@@H](O)C2)n1. The lowest BCUT2D eigenvalue weighted by atomic mass is 10.3. The van der Waals surface area contributed by atoms with Crippen molar-refractivity contribution < 1.29 is 9.90 Å². The Balaban J connectivity index is 2.09. The standard InChI is InChI=1S/C8H11N3O2S/c1-5-9-7(14-10-5)8(13)11-3-2-6(12)4-11/h6,12H,2-4H2,1H3/t6-/m1/s1. The number of hydrogen-bond donors (Lipinski definition) is 1. The summed E-state index contributed by atoms with van der Waals surface area (Å²) in [6.45, 7) is 2.78. The van der Waals surface area contributed by atoms with Crippen LogP contribution in [-0.4, -0.2) is 44.5 Å². The number of aliphatic hydroxyl groups is 1. The highest BCUT2D eigenvalue weighted by molar-refractivity contribution is 7.07. The minimum Gasteiger partial charge on any atom is -0.391 e. The summed E-state index contributed by atoms with van der Waals surface area (Å²) < 4.78 is 3.95. The number of β-amino-alcohol motifs (C(OH)–C–C–N with tert-alkyl or cyclic N) is 1. The van der Waals surface area contributed by atoms with Gasteiger partial charge in [0.2, 0.25) is 5.01 Å². The van der Waals surface area contributed by atoms with Crippen molar-refractivity contribution in [1.82, 2.24) is 14.3 Å². The van der Waals surface area contributed by atoms with Gasteiger partial charge in [0, 0.05) is 13.1 Å². The van der Waals surface area contributed by atoms with E-state index in [0.29, 0.717) is 30.3 Å². The lowest BCUT2D eigenvalue weighted by Gasteiger charge is -2.12. The summed E-state index contributed by atoms with van der Waals surface area (Å²) in [5.41, 5.74) is 0. The molecule has 0 bridgehead atoms.